The van der Waals surface area contributed by atoms with Crippen molar-refractivity contribution in [2.75, 3.05) is 5.32 Å². The normalized spacial score (nSPS) is 11.5. The molecule has 0 aliphatic carbocycles. The Kier molecular flexibility index (Phi) is 4.80. The summed E-state index contributed by atoms with van der Waals surface area (Å²) in [7, 11) is 0. The van der Waals surface area contributed by atoms with Crippen LogP contribution in [-0.2, 0) is 6.54 Å². The Bertz CT molecular complexity index is 689. The third-order valence-electron chi connectivity index (χ3n) is 3.14. The van der Waals surface area contributed by atoms with Gasteiger partial charge in [-0.1, -0.05) is 29.4 Å². The minimum atomic E-state index is -0.296. The lowest BCUT2D eigenvalue weighted by Crippen LogP contribution is -2.16. The topological polar surface area (TPSA) is 70.6 Å². The molecule has 4 N–H and O–H groups in total. The number of hydrogen-bond donors (Lipinski definition) is 3. The second-order valence-electron chi connectivity index (χ2n) is 4.58. The number of nitrogens with zero attached hydrogens (tertiary/aromatic N) is 1. The van der Waals surface area contributed by atoms with Crippen LogP contribution in [0.3, 0.4) is 0 Å². The van der Waals surface area contributed by atoms with Crippen LogP contribution in [-0.4, -0.2) is 11.0 Å². The van der Waals surface area contributed by atoms with Crippen molar-refractivity contribution in [3.05, 3.63) is 63.4 Å². The van der Waals surface area contributed by atoms with Crippen molar-refractivity contribution in [2.45, 2.75) is 13.5 Å². The molecule has 21 heavy (non-hydrogen) atoms. The van der Waals surface area contributed by atoms with E-state index in [-0.39, 0.29) is 11.7 Å². The number of halogens is 2. The molecule has 2 aromatic rings. The third kappa shape index (κ3) is 3.52. The van der Waals surface area contributed by atoms with Gasteiger partial charge >= 0.3 is 0 Å². The summed E-state index contributed by atoms with van der Waals surface area (Å²) in [6.45, 7) is 2.30. The van der Waals surface area contributed by atoms with Gasteiger partial charge in [0, 0.05) is 17.8 Å². The lowest BCUT2D eigenvalue weighted by molar-refractivity contribution is 0.318. The molecule has 0 aromatic heterocycles. The molecule has 0 saturated carbocycles. The summed E-state index contributed by atoms with van der Waals surface area (Å²) in [5, 5.41) is 15.1. The van der Waals surface area contributed by atoms with E-state index in [1.54, 1.807) is 12.1 Å². The van der Waals surface area contributed by atoms with Crippen molar-refractivity contribution in [1.29, 1.82) is 0 Å². The van der Waals surface area contributed by atoms with E-state index in [0.29, 0.717) is 16.6 Å². The maximum atomic E-state index is 13.4. The van der Waals surface area contributed by atoms with Crippen molar-refractivity contribution < 1.29 is 9.60 Å². The van der Waals surface area contributed by atoms with E-state index in [9.17, 15) is 4.39 Å². The summed E-state index contributed by atoms with van der Waals surface area (Å²) >= 11 is 3.17. The molecule has 0 aliphatic rings. The molecule has 0 saturated heterocycles. The molecule has 6 heteroatoms. The molecule has 0 heterocycles. The minimum Gasteiger partial charge on any atom is -0.409 e. The maximum Gasteiger partial charge on any atom is 0.170 e. The molecular weight excluding hydrogens is 337 g/mol. The summed E-state index contributed by atoms with van der Waals surface area (Å²) in [6.07, 6.45) is 0. The van der Waals surface area contributed by atoms with Gasteiger partial charge in [0.25, 0.3) is 0 Å². The first-order valence-electron chi connectivity index (χ1n) is 6.28. The molecule has 2 aromatic carbocycles. The fraction of sp³-hybridized carbons (Fsp3) is 0.133. The number of amidine groups is 1. The van der Waals surface area contributed by atoms with Crippen molar-refractivity contribution in [2.24, 2.45) is 10.9 Å². The molecule has 0 bridgehead atoms. The van der Waals surface area contributed by atoms with Crippen LogP contribution >= 0.6 is 15.9 Å². The van der Waals surface area contributed by atoms with Gasteiger partial charge in [-0.2, -0.15) is 0 Å². The first kappa shape index (κ1) is 15.3. The number of oxime groups is 1. The van der Waals surface area contributed by atoms with Gasteiger partial charge in [-0.3, -0.25) is 0 Å². The average molecular weight is 352 g/mol. The number of nitrogens with one attached hydrogen (secondary N) is 1. The van der Waals surface area contributed by atoms with E-state index in [0.717, 1.165) is 16.8 Å². The molecule has 0 atom stereocenters. The van der Waals surface area contributed by atoms with Gasteiger partial charge in [-0.05, 0) is 46.1 Å². The van der Waals surface area contributed by atoms with E-state index < -0.39 is 0 Å². The van der Waals surface area contributed by atoms with Crippen LogP contribution in [0.25, 0.3) is 0 Å². The number of benzene rings is 2. The van der Waals surface area contributed by atoms with Crippen molar-refractivity contribution in [3.8, 4) is 0 Å². The van der Waals surface area contributed by atoms with Gasteiger partial charge in [0.2, 0.25) is 0 Å². The number of anilines is 1. The Morgan fingerprint density at radius 3 is 2.81 bits per heavy atom. The Balaban J connectivity index is 2.23. The van der Waals surface area contributed by atoms with E-state index in [1.807, 2.05) is 25.1 Å². The van der Waals surface area contributed by atoms with Crippen molar-refractivity contribution >= 4 is 27.5 Å². The Hall–Kier alpha value is -2.08. The molecule has 4 nitrogen and oxygen atoms in total. The second kappa shape index (κ2) is 6.58. The van der Waals surface area contributed by atoms with Gasteiger partial charge in [0.15, 0.2) is 5.84 Å². The fourth-order valence-electron chi connectivity index (χ4n) is 2.01. The molecule has 0 aliphatic heterocycles. The molecule has 0 spiro atoms. The molecule has 0 unspecified atom stereocenters. The number of nitrogens with two attached hydrogens (primary N) is 1. The zero-order valence-corrected chi connectivity index (χ0v) is 13.0. The highest BCUT2D eigenvalue weighted by molar-refractivity contribution is 9.10. The largest absolute Gasteiger partial charge is 0.409 e. The van der Waals surface area contributed by atoms with Crippen molar-refractivity contribution in [1.82, 2.24) is 0 Å². The summed E-state index contributed by atoms with van der Waals surface area (Å²) in [5.41, 5.74) is 8.81. The Morgan fingerprint density at radius 1 is 1.38 bits per heavy atom. The van der Waals surface area contributed by atoms with Gasteiger partial charge in [-0.15, -0.1) is 0 Å². The van der Waals surface area contributed by atoms with Crippen LogP contribution in [0.5, 0.6) is 0 Å². The first-order chi connectivity index (χ1) is 10.0. The summed E-state index contributed by atoms with van der Waals surface area (Å²) in [5.74, 6) is -0.237. The maximum absolute atomic E-state index is 13.4. The van der Waals surface area contributed by atoms with Crippen LogP contribution in [0.4, 0.5) is 10.1 Å². The lowest BCUT2D eigenvalue weighted by atomic mass is 10.1. The number of hydrogen-bond acceptors (Lipinski definition) is 3. The fourth-order valence-corrected chi connectivity index (χ4v) is 2.35. The van der Waals surface area contributed by atoms with Crippen LogP contribution in [0, 0.1) is 12.7 Å². The predicted octanol–water partition coefficient (Wildman–Crippen LogP) is 3.60. The van der Waals surface area contributed by atoms with Crippen LogP contribution < -0.4 is 11.1 Å². The summed E-state index contributed by atoms with van der Waals surface area (Å²) in [4.78, 5) is 0. The van der Waals surface area contributed by atoms with Gasteiger partial charge in [-0.25, -0.2) is 4.39 Å². The van der Waals surface area contributed by atoms with E-state index in [2.05, 4.69) is 26.4 Å². The SMILES string of the molecule is Cc1cc(F)c(Br)cc1NCc1ccccc1/C(N)=N/O. The van der Waals surface area contributed by atoms with Gasteiger partial charge in [0.05, 0.1) is 4.47 Å². The molecule has 0 radical (unpaired) electrons. The molecule has 2 rings (SSSR count). The molecule has 110 valence electrons. The Morgan fingerprint density at radius 2 is 2.10 bits per heavy atom. The summed E-state index contributed by atoms with van der Waals surface area (Å²) < 4.78 is 13.8. The van der Waals surface area contributed by atoms with E-state index in [4.69, 9.17) is 10.9 Å². The standard InChI is InChI=1S/C15H15BrFN3O/c1-9-6-13(17)12(16)7-14(9)19-8-10-4-2-3-5-11(10)15(18)20-21/h2-7,19,21H,8H2,1H3,(H2,18,20). The first-order valence-corrected chi connectivity index (χ1v) is 7.07. The van der Waals surface area contributed by atoms with Gasteiger partial charge < -0.3 is 16.3 Å². The minimum absolute atomic E-state index is 0.0596. The zero-order chi connectivity index (χ0) is 15.4. The average Bonchev–Trinajstić information content (AvgIpc) is 2.49. The third-order valence-corrected chi connectivity index (χ3v) is 3.75. The van der Waals surface area contributed by atoms with Gasteiger partial charge in [0.1, 0.15) is 5.82 Å². The van der Waals surface area contributed by atoms with E-state index in [1.165, 1.54) is 6.07 Å². The smallest absolute Gasteiger partial charge is 0.170 e. The van der Waals surface area contributed by atoms with Crippen molar-refractivity contribution in [3.63, 3.8) is 0 Å². The van der Waals surface area contributed by atoms with Crippen LogP contribution in [0.15, 0.2) is 46.0 Å². The second-order valence-corrected chi connectivity index (χ2v) is 5.43. The predicted molar refractivity (Wildman–Crippen MR) is 85.1 cm³/mol. The molecule has 0 amide bonds. The summed E-state index contributed by atoms with van der Waals surface area (Å²) in [6, 6.07) is 10.5. The highest BCUT2D eigenvalue weighted by atomic mass is 79.9. The lowest BCUT2D eigenvalue weighted by Gasteiger charge is -2.13. The highest BCUT2D eigenvalue weighted by Crippen LogP contribution is 2.25. The molecule has 0 fully saturated rings. The van der Waals surface area contributed by atoms with Crippen LogP contribution in [0.1, 0.15) is 16.7 Å². The van der Waals surface area contributed by atoms with Crippen LogP contribution in [0.2, 0.25) is 0 Å². The Labute approximate surface area is 130 Å². The quantitative estimate of drug-likeness (QED) is 0.341. The highest BCUT2D eigenvalue weighted by Gasteiger charge is 2.08. The number of aryl methyl sites for hydroxylation is 1. The number of rotatable bonds is 4. The van der Waals surface area contributed by atoms with E-state index >= 15 is 0 Å². The monoisotopic (exact) mass is 351 g/mol. The molecular formula is C15H15BrFN3O. The zero-order valence-electron chi connectivity index (χ0n) is 11.4.